The molecular weight excluding hydrogens is 254 g/mol. The maximum Gasteiger partial charge on any atom is 0.277 e. The zero-order valence-electron chi connectivity index (χ0n) is 12.1. The van der Waals surface area contributed by atoms with E-state index in [1.54, 1.807) is 7.05 Å². The van der Waals surface area contributed by atoms with E-state index in [0.717, 1.165) is 18.7 Å². The van der Waals surface area contributed by atoms with Crippen LogP contribution in [0.2, 0.25) is 0 Å². The number of likely N-dealkylation sites (N-methyl/N-ethyl adjacent to an activating group) is 1. The first kappa shape index (κ1) is 14.5. The van der Waals surface area contributed by atoms with Gasteiger partial charge in [0.2, 0.25) is 0 Å². The third kappa shape index (κ3) is 3.17. The van der Waals surface area contributed by atoms with Crippen LogP contribution in [-0.4, -0.2) is 56.0 Å². The topological polar surface area (TPSA) is 53.9 Å². The van der Waals surface area contributed by atoms with Crippen LogP contribution in [0, 0.1) is 0 Å². The van der Waals surface area contributed by atoms with Gasteiger partial charge in [-0.05, 0) is 19.1 Å². The van der Waals surface area contributed by atoms with Crippen molar-refractivity contribution in [3.8, 4) is 0 Å². The van der Waals surface area contributed by atoms with Crippen LogP contribution < -0.4 is 10.2 Å². The van der Waals surface area contributed by atoms with Crippen LogP contribution in [0.15, 0.2) is 30.3 Å². The fraction of sp³-hybridized carbons (Fsp3) is 0.467. The standard InChI is InChI=1S/C15H21N3O2/c1-12(14(19)16-2)17-8-10-18(11-9-17)15(20)13-6-4-3-5-7-13/h3-7,12H,8-11H2,1-2H3,(H,16,19)/p+1/t12-/m0/s1. The maximum absolute atomic E-state index is 12.3. The number of quaternary nitrogens is 1. The number of hydrogen-bond acceptors (Lipinski definition) is 2. The first-order valence-electron chi connectivity index (χ1n) is 7.04. The number of carbonyl (C=O) groups is 2. The van der Waals surface area contributed by atoms with Crippen LogP contribution in [0.4, 0.5) is 0 Å². The molecule has 5 heteroatoms. The van der Waals surface area contributed by atoms with Crippen LogP contribution in [0.3, 0.4) is 0 Å². The Hall–Kier alpha value is -1.88. The molecule has 0 aliphatic carbocycles. The summed E-state index contributed by atoms with van der Waals surface area (Å²) in [5.74, 6) is 0.139. The Labute approximate surface area is 119 Å². The van der Waals surface area contributed by atoms with Crippen molar-refractivity contribution in [1.82, 2.24) is 10.2 Å². The average Bonchev–Trinajstić information content (AvgIpc) is 2.53. The number of benzene rings is 1. The molecule has 5 nitrogen and oxygen atoms in total. The lowest BCUT2D eigenvalue weighted by atomic mass is 10.1. The van der Waals surface area contributed by atoms with Crippen molar-refractivity contribution < 1.29 is 14.5 Å². The SMILES string of the molecule is CNC(=O)[C@H](C)[NH+]1CCN(C(=O)c2ccccc2)CC1. The number of nitrogens with one attached hydrogen (secondary N) is 2. The molecule has 20 heavy (non-hydrogen) atoms. The van der Waals surface area contributed by atoms with E-state index in [1.165, 1.54) is 4.90 Å². The van der Waals surface area contributed by atoms with E-state index in [9.17, 15) is 9.59 Å². The maximum atomic E-state index is 12.3. The molecule has 1 saturated heterocycles. The summed E-state index contributed by atoms with van der Waals surface area (Å²) in [7, 11) is 1.66. The fourth-order valence-electron chi connectivity index (χ4n) is 2.60. The number of rotatable bonds is 3. The van der Waals surface area contributed by atoms with E-state index >= 15 is 0 Å². The van der Waals surface area contributed by atoms with Gasteiger partial charge in [0.25, 0.3) is 11.8 Å². The molecule has 0 bridgehead atoms. The molecule has 0 unspecified atom stereocenters. The van der Waals surface area contributed by atoms with Crippen molar-refractivity contribution in [2.75, 3.05) is 33.2 Å². The largest absolute Gasteiger partial charge is 0.354 e. The number of nitrogens with zero attached hydrogens (tertiary/aromatic N) is 1. The second-order valence-corrected chi connectivity index (χ2v) is 5.15. The highest BCUT2D eigenvalue weighted by atomic mass is 16.2. The molecule has 1 atom stereocenters. The van der Waals surface area contributed by atoms with Crippen molar-refractivity contribution in [3.63, 3.8) is 0 Å². The third-order valence-electron chi connectivity index (χ3n) is 3.97. The summed E-state index contributed by atoms with van der Waals surface area (Å²) in [5.41, 5.74) is 0.732. The van der Waals surface area contributed by atoms with Crippen molar-refractivity contribution in [1.29, 1.82) is 0 Å². The lowest BCUT2D eigenvalue weighted by molar-refractivity contribution is -0.917. The van der Waals surface area contributed by atoms with Gasteiger partial charge in [0.1, 0.15) is 0 Å². The Balaban J connectivity index is 1.91. The van der Waals surface area contributed by atoms with Gasteiger partial charge in [0.05, 0.1) is 26.2 Å². The van der Waals surface area contributed by atoms with Gasteiger partial charge < -0.3 is 15.1 Å². The number of piperazine rings is 1. The van der Waals surface area contributed by atoms with Gasteiger partial charge in [-0.15, -0.1) is 0 Å². The van der Waals surface area contributed by atoms with Crippen molar-refractivity contribution >= 4 is 11.8 Å². The molecule has 0 aromatic heterocycles. The van der Waals surface area contributed by atoms with E-state index in [4.69, 9.17) is 0 Å². The van der Waals surface area contributed by atoms with E-state index in [0.29, 0.717) is 13.1 Å². The smallest absolute Gasteiger partial charge is 0.277 e. The van der Waals surface area contributed by atoms with Gasteiger partial charge >= 0.3 is 0 Å². The average molecular weight is 276 g/mol. The number of hydrogen-bond donors (Lipinski definition) is 2. The minimum absolute atomic E-state index is 0.0582. The lowest BCUT2D eigenvalue weighted by Crippen LogP contribution is -3.19. The van der Waals surface area contributed by atoms with Gasteiger partial charge in [-0.3, -0.25) is 9.59 Å². The van der Waals surface area contributed by atoms with E-state index < -0.39 is 0 Å². The molecule has 108 valence electrons. The quantitative estimate of drug-likeness (QED) is 0.756. The van der Waals surface area contributed by atoms with Crippen LogP contribution in [-0.2, 0) is 4.79 Å². The molecule has 0 radical (unpaired) electrons. The molecule has 1 fully saturated rings. The molecule has 1 aromatic carbocycles. The van der Waals surface area contributed by atoms with Crippen molar-refractivity contribution in [2.24, 2.45) is 0 Å². The fourth-order valence-corrected chi connectivity index (χ4v) is 2.60. The van der Waals surface area contributed by atoms with Gasteiger partial charge in [-0.25, -0.2) is 0 Å². The van der Waals surface area contributed by atoms with Gasteiger partial charge in [0.15, 0.2) is 6.04 Å². The number of carbonyl (C=O) groups excluding carboxylic acids is 2. The highest BCUT2D eigenvalue weighted by Crippen LogP contribution is 2.04. The van der Waals surface area contributed by atoms with Gasteiger partial charge in [-0.2, -0.15) is 0 Å². The second kappa shape index (κ2) is 6.52. The minimum atomic E-state index is -0.0611. The highest BCUT2D eigenvalue weighted by Gasteiger charge is 2.30. The zero-order valence-corrected chi connectivity index (χ0v) is 12.1. The molecule has 0 spiro atoms. The molecule has 1 heterocycles. The van der Waals surface area contributed by atoms with Crippen LogP contribution in [0.25, 0.3) is 0 Å². The summed E-state index contributed by atoms with van der Waals surface area (Å²) in [6.07, 6.45) is 0. The summed E-state index contributed by atoms with van der Waals surface area (Å²) in [4.78, 5) is 27.0. The third-order valence-corrected chi connectivity index (χ3v) is 3.97. The molecule has 1 aliphatic heterocycles. The van der Waals surface area contributed by atoms with Gasteiger partial charge in [0, 0.05) is 12.6 Å². The molecule has 0 saturated carbocycles. The van der Waals surface area contributed by atoms with Crippen molar-refractivity contribution in [3.05, 3.63) is 35.9 Å². The zero-order chi connectivity index (χ0) is 14.5. The lowest BCUT2D eigenvalue weighted by Gasteiger charge is -2.34. The Morgan fingerprint density at radius 1 is 1.20 bits per heavy atom. The molecule has 1 aromatic rings. The predicted molar refractivity (Wildman–Crippen MR) is 76.6 cm³/mol. The number of amides is 2. The molecule has 2 N–H and O–H groups in total. The van der Waals surface area contributed by atoms with Gasteiger partial charge in [-0.1, -0.05) is 18.2 Å². The Morgan fingerprint density at radius 2 is 1.80 bits per heavy atom. The minimum Gasteiger partial charge on any atom is -0.354 e. The Morgan fingerprint density at radius 3 is 2.35 bits per heavy atom. The predicted octanol–water partition coefficient (Wildman–Crippen LogP) is -0.838. The van der Waals surface area contributed by atoms with E-state index in [2.05, 4.69) is 5.32 Å². The summed E-state index contributed by atoms with van der Waals surface area (Å²) in [5, 5.41) is 2.68. The first-order valence-corrected chi connectivity index (χ1v) is 7.04. The van der Waals surface area contributed by atoms with Crippen molar-refractivity contribution in [2.45, 2.75) is 13.0 Å². The normalized spacial score (nSPS) is 17.6. The monoisotopic (exact) mass is 276 g/mol. The van der Waals surface area contributed by atoms with E-state index in [-0.39, 0.29) is 17.9 Å². The molecular formula is C15H22N3O2+. The highest BCUT2D eigenvalue weighted by molar-refractivity contribution is 5.94. The molecule has 2 rings (SSSR count). The summed E-state index contributed by atoms with van der Waals surface area (Å²) in [6.45, 7) is 4.96. The molecule has 2 amide bonds. The molecule has 1 aliphatic rings. The van der Waals surface area contributed by atoms with Crippen LogP contribution >= 0.6 is 0 Å². The first-order chi connectivity index (χ1) is 9.63. The van der Waals surface area contributed by atoms with E-state index in [1.807, 2.05) is 42.2 Å². The van der Waals surface area contributed by atoms with Crippen LogP contribution in [0.5, 0.6) is 0 Å². The summed E-state index contributed by atoms with van der Waals surface area (Å²) >= 11 is 0. The second-order valence-electron chi connectivity index (χ2n) is 5.15. The summed E-state index contributed by atoms with van der Waals surface area (Å²) < 4.78 is 0. The van der Waals surface area contributed by atoms with Crippen LogP contribution in [0.1, 0.15) is 17.3 Å². The Bertz CT molecular complexity index is 467. The summed E-state index contributed by atoms with van der Waals surface area (Å²) in [6, 6.07) is 9.28. The Kier molecular flexibility index (Phi) is 4.74.